The summed E-state index contributed by atoms with van der Waals surface area (Å²) in [5, 5.41) is 0. The lowest BCUT2D eigenvalue weighted by Gasteiger charge is -2.07. The van der Waals surface area contributed by atoms with E-state index in [1.807, 2.05) is 12.1 Å². The molecular formula is C19H23ClO. The van der Waals surface area contributed by atoms with Gasteiger partial charge in [0.15, 0.2) is 0 Å². The zero-order chi connectivity index (χ0) is 14.9. The molecule has 0 bridgehead atoms. The van der Waals surface area contributed by atoms with Gasteiger partial charge in [0.1, 0.15) is 5.75 Å². The van der Waals surface area contributed by atoms with Crippen molar-refractivity contribution in [1.29, 1.82) is 0 Å². The molecule has 0 aliphatic carbocycles. The molecule has 21 heavy (non-hydrogen) atoms. The van der Waals surface area contributed by atoms with Crippen LogP contribution in [0.15, 0.2) is 48.5 Å². The van der Waals surface area contributed by atoms with Gasteiger partial charge in [-0.25, -0.2) is 0 Å². The van der Waals surface area contributed by atoms with Crippen LogP contribution in [0, 0.1) is 0 Å². The molecule has 2 heteroatoms. The summed E-state index contributed by atoms with van der Waals surface area (Å²) in [4.78, 5) is 0. The van der Waals surface area contributed by atoms with Gasteiger partial charge in [0.2, 0.25) is 0 Å². The van der Waals surface area contributed by atoms with E-state index in [2.05, 4.69) is 43.3 Å². The number of hydrogen-bond acceptors (Lipinski definition) is 1. The van der Waals surface area contributed by atoms with Crippen LogP contribution in [0.4, 0.5) is 0 Å². The van der Waals surface area contributed by atoms with Gasteiger partial charge in [0, 0.05) is 5.88 Å². The molecule has 0 amide bonds. The molecule has 0 aliphatic rings. The van der Waals surface area contributed by atoms with Crippen molar-refractivity contribution in [2.75, 3.05) is 6.61 Å². The average Bonchev–Trinajstić information content (AvgIpc) is 2.55. The monoisotopic (exact) mass is 302 g/mol. The van der Waals surface area contributed by atoms with Gasteiger partial charge >= 0.3 is 0 Å². The highest BCUT2D eigenvalue weighted by Crippen LogP contribution is 2.23. The predicted molar refractivity (Wildman–Crippen MR) is 91.1 cm³/mol. The number of rotatable bonds is 8. The summed E-state index contributed by atoms with van der Waals surface area (Å²) in [7, 11) is 0. The molecule has 0 atom stereocenters. The van der Waals surface area contributed by atoms with Gasteiger partial charge in [-0.05, 0) is 35.2 Å². The fourth-order valence-corrected chi connectivity index (χ4v) is 2.43. The topological polar surface area (TPSA) is 9.23 Å². The van der Waals surface area contributed by atoms with E-state index in [4.69, 9.17) is 16.3 Å². The van der Waals surface area contributed by atoms with Crippen LogP contribution in [-0.4, -0.2) is 6.61 Å². The predicted octanol–water partition coefficient (Wildman–Crippen LogP) is 6.05. The van der Waals surface area contributed by atoms with Crippen LogP contribution in [0.5, 0.6) is 5.75 Å². The SMILES string of the molecule is CCCCCCOc1ccc(-c2ccc(CCl)cc2)cc1. The minimum atomic E-state index is 0.561. The molecule has 0 N–H and O–H groups in total. The number of hydrogen-bond donors (Lipinski definition) is 0. The minimum Gasteiger partial charge on any atom is -0.494 e. The second-order valence-electron chi connectivity index (χ2n) is 5.26. The molecule has 0 aliphatic heterocycles. The van der Waals surface area contributed by atoms with E-state index in [1.165, 1.54) is 30.4 Å². The third kappa shape index (κ3) is 5.09. The zero-order valence-electron chi connectivity index (χ0n) is 12.6. The maximum atomic E-state index is 5.81. The first-order chi connectivity index (χ1) is 10.3. The van der Waals surface area contributed by atoms with Gasteiger partial charge in [0.25, 0.3) is 0 Å². The Hall–Kier alpha value is -1.47. The third-order valence-electron chi connectivity index (χ3n) is 3.56. The first-order valence-electron chi connectivity index (χ1n) is 7.71. The van der Waals surface area contributed by atoms with Crippen LogP contribution in [-0.2, 0) is 5.88 Å². The zero-order valence-corrected chi connectivity index (χ0v) is 13.4. The lowest BCUT2D eigenvalue weighted by atomic mass is 10.0. The molecule has 0 heterocycles. The second-order valence-corrected chi connectivity index (χ2v) is 5.53. The van der Waals surface area contributed by atoms with E-state index in [9.17, 15) is 0 Å². The Balaban J connectivity index is 1.88. The molecule has 0 fully saturated rings. The van der Waals surface area contributed by atoms with Gasteiger partial charge in [-0.1, -0.05) is 62.6 Å². The van der Waals surface area contributed by atoms with Crippen molar-refractivity contribution in [3.63, 3.8) is 0 Å². The molecule has 0 aromatic heterocycles. The summed E-state index contributed by atoms with van der Waals surface area (Å²) < 4.78 is 5.76. The number of unbranched alkanes of at least 4 members (excludes halogenated alkanes) is 3. The lowest BCUT2D eigenvalue weighted by Crippen LogP contribution is -1.96. The molecular weight excluding hydrogens is 280 g/mol. The number of ether oxygens (including phenoxy) is 1. The fourth-order valence-electron chi connectivity index (χ4n) is 2.25. The number of benzene rings is 2. The van der Waals surface area contributed by atoms with Gasteiger partial charge in [-0.15, -0.1) is 11.6 Å². The molecule has 112 valence electrons. The molecule has 0 unspecified atom stereocenters. The minimum absolute atomic E-state index is 0.561. The molecule has 2 aromatic carbocycles. The number of halogens is 1. The largest absolute Gasteiger partial charge is 0.494 e. The van der Waals surface area contributed by atoms with Crippen molar-refractivity contribution in [3.8, 4) is 16.9 Å². The Morgan fingerprint density at radius 1 is 0.810 bits per heavy atom. The van der Waals surface area contributed by atoms with Crippen molar-refractivity contribution in [3.05, 3.63) is 54.1 Å². The highest BCUT2D eigenvalue weighted by Gasteiger charge is 1.99. The molecule has 2 aromatic rings. The smallest absolute Gasteiger partial charge is 0.119 e. The van der Waals surface area contributed by atoms with Crippen LogP contribution >= 0.6 is 11.6 Å². The Bertz CT molecular complexity index is 516. The van der Waals surface area contributed by atoms with Gasteiger partial charge in [-0.2, -0.15) is 0 Å². The Morgan fingerprint density at radius 2 is 1.43 bits per heavy atom. The summed E-state index contributed by atoms with van der Waals surface area (Å²) >= 11 is 5.81. The number of alkyl halides is 1. The maximum absolute atomic E-state index is 5.81. The lowest BCUT2D eigenvalue weighted by molar-refractivity contribution is 0.305. The summed E-state index contributed by atoms with van der Waals surface area (Å²) in [5.41, 5.74) is 3.56. The van der Waals surface area contributed by atoms with Crippen molar-refractivity contribution in [1.82, 2.24) is 0 Å². The molecule has 2 rings (SSSR count). The van der Waals surface area contributed by atoms with Crippen molar-refractivity contribution < 1.29 is 4.74 Å². The highest BCUT2D eigenvalue weighted by molar-refractivity contribution is 6.17. The van der Waals surface area contributed by atoms with Gasteiger partial charge in [-0.3, -0.25) is 0 Å². The molecule has 1 nitrogen and oxygen atoms in total. The summed E-state index contributed by atoms with van der Waals surface area (Å²) in [6, 6.07) is 16.7. The fraction of sp³-hybridized carbons (Fsp3) is 0.368. The van der Waals surface area contributed by atoms with Crippen molar-refractivity contribution in [2.45, 2.75) is 38.5 Å². The van der Waals surface area contributed by atoms with Gasteiger partial charge in [0.05, 0.1) is 6.61 Å². The molecule has 0 saturated heterocycles. The van der Waals surface area contributed by atoms with Gasteiger partial charge < -0.3 is 4.74 Å². The molecule has 0 spiro atoms. The molecule has 0 saturated carbocycles. The molecule has 0 radical (unpaired) electrons. The quantitative estimate of drug-likeness (QED) is 0.426. The normalized spacial score (nSPS) is 10.6. The first-order valence-corrected chi connectivity index (χ1v) is 8.25. The van der Waals surface area contributed by atoms with Crippen LogP contribution in [0.3, 0.4) is 0 Å². The van der Waals surface area contributed by atoms with Crippen molar-refractivity contribution in [2.24, 2.45) is 0 Å². The van der Waals surface area contributed by atoms with E-state index in [0.717, 1.165) is 24.3 Å². The van der Waals surface area contributed by atoms with Crippen molar-refractivity contribution >= 4 is 11.6 Å². The van der Waals surface area contributed by atoms with E-state index in [1.54, 1.807) is 0 Å². The Labute approximate surface area is 132 Å². The highest BCUT2D eigenvalue weighted by atomic mass is 35.5. The third-order valence-corrected chi connectivity index (χ3v) is 3.87. The standard InChI is InChI=1S/C19H23ClO/c1-2-3-4-5-14-21-19-12-10-18(11-13-19)17-8-6-16(15-20)7-9-17/h6-13H,2-5,14-15H2,1H3. The second kappa shape index (κ2) is 8.74. The van der Waals surface area contributed by atoms with Crippen LogP contribution in [0.25, 0.3) is 11.1 Å². The Morgan fingerprint density at radius 3 is 2.00 bits per heavy atom. The maximum Gasteiger partial charge on any atom is 0.119 e. The van der Waals surface area contributed by atoms with E-state index in [0.29, 0.717) is 5.88 Å². The van der Waals surface area contributed by atoms with Crippen LogP contribution in [0.2, 0.25) is 0 Å². The average molecular weight is 303 g/mol. The van der Waals surface area contributed by atoms with E-state index < -0.39 is 0 Å². The summed E-state index contributed by atoms with van der Waals surface area (Å²) in [5.74, 6) is 1.51. The van der Waals surface area contributed by atoms with E-state index in [-0.39, 0.29) is 0 Å². The summed E-state index contributed by atoms with van der Waals surface area (Å²) in [6.07, 6.45) is 4.94. The first kappa shape index (κ1) is 15.9. The van der Waals surface area contributed by atoms with Crippen LogP contribution in [0.1, 0.15) is 38.2 Å². The van der Waals surface area contributed by atoms with Crippen LogP contribution < -0.4 is 4.74 Å². The Kier molecular flexibility index (Phi) is 6.62. The summed E-state index contributed by atoms with van der Waals surface area (Å²) in [6.45, 7) is 3.03. The van der Waals surface area contributed by atoms with E-state index >= 15 is 0 Å².